The van der Waals surface area contributed by atoms with E-state index in [1.807, 2.05) is 16.5 Å². The number of anilines is 1. The second kappa shape index (κ2) is 6.61. The molecule has 1 atom stereocenters. The number of hydrogen-bond acceptors (Lipinski definition) is 4. The Balaban J connectivity index is 1.82. The van der Waals surface area contributed by atoms with Crippen LogP contribution in [0.25, 0.3) is 0 Å². The molecule has 1 saturated heterocycles. The molecule has 2 heterocycles. The molecule has 1 fully saturated rings. The summed E-state index contributed by atoms with van der Waals surface area (Å²) in [4.78, 5) is 19.1. The van der Waals surface area contributed by atoms with Crippen molar-refractivity contribution >= 4 is 23.4 Å². The number of nitrogens with zero attached hydrogens (tertiary/aromatic N) is 3. The summed E-state index contributed by atoms with van der Waals surface area (Å²) < 4.78 is 1.85. The lowest BCUT2D eigenvalue weighted by Crippen LogP contribution is -2.29. The smallest absolute Gasteiger partial charge is 0.240 e. The van der Waals surface area contributed by atoms with Crippen LogP contribution < -0.4 is 4.90 Å². The topological polar surface area (TPSA) is 58.4 Å². The predicted molar refractivity (Wildman–Crippen MR) is 96.4 cm³/mol. The SMILES string of the molecule is Cc1cc(C)c(N2CC[C@@H](Sc3ncc(CO)n3C)C2=O)c(C)c1. The molecule has 0 aliphatic carbocycles. The van der Waals surface area contributed by atoms with Crippen molar-refractivity contribution in [2.24, 2.45) is 7.05 Å². The summed E-state index contributed by atoms with van der Waals surface area (Å²) in [5, 5.41) is 9.92. The van der Waals surface area contributed by atoms with Gasteiger partial charge in [-0.2, -0.15) is 0 Å². The van der Waals surface area contributed by atoms with Crippen molar-refractivity contribution in [3.63, 3.8) is 0 Å². The molecule has 2 aromatic rings. The van der Waals surface area contributed by atoms with Crippen LogP contribution in [0.1, 0.15) is 28.8 Å². The fourth-order valence-corrected chi connectivity index (χ4v) is 4.49. The van der Waals surface area contributed by atoms with Crippen LogP contribution in [0.5, 0.6) is 0 Å². The molecule has 1 amide bonds. The van der Waals surface area contributed by atoms with Crippen molar-refractivity contribution in [3.8, 4) is 0 Å². The summed E-state index contributed by atoms with van der Waals surface area (Å²) >= 11 is 1.48. The number of carbonyl (C=O) groups is 1. The lowest BCUT2D eigenvalue weighted by molar-refractivity contribution is -0.116. The van der Waals surface area contributed by atoms with E-state index in [1.165, 1.54) is 17.3 Å². The zero-order chi connectivity index (χ0) is 17.4. The first-order valence-corrected chi connectivity index (χ1v) is 8.97. The maximum absolute atomic E-state index is 12.9. The van der Waals surface area contributed by atoms with Gasteiger partial charge in [0.25, 0.3) is 0 Å². The molecule has 0 spiro atoms. The average molecular weight is 345 g/mol. The van der Waals surface area contributed by atoms with E-state index in [-0.39, 0.29) is 17.8 Å². The summed E-state index contributed by atoms with van der Waals surface area (Å²) in [6.07, 6.45) is 2.46. The van der Waals surface area contributed by atoms with Gasteiger partial charge in [-0.05, 0) is 38.3 Å². The number of thioether (sulfide) groups is 1. The highest BCUT2D eigenvalue weighted by atomic mass is 32.2. The Hall–Kier alpha value is -1.79. The Labute approximate surface area is 146 Å². The van der Waals surface area contributed by atoms with Crippen LogP contribution in [0.15, 0.2) is 23.5 Å². The summed E-state index contributed by atoms with van der Waals surface area (Å²) in [6, 6.07) is 4.25. The lowest BCUT2D eigenvalue weighted by Gasteiger charge is -2.22. The highest BCUT2D eigenvalue weighted by Crippen LogP contribution is 2.35. The van der Waals surface area contributed by atoms with Crippen molar-refractivity contribution in [1.29, 1.82) is 0 Å². The molecule has 128 valence electrons. The normalized spacial score (nSPS) is 17.8. The third-order valence-electron chi connectivity index (χ3n) is 4.51. The molecule has 0 bridgehead atoms. The highest BCUT2D eigenvalue weighted by molar-refractivity contribution is 8.00. The van der Waals surface area contributed by atoms with Crippen molar-refractivity contribution in [2.45, 2.75) is 44.2 Å². The minimum Gasteiger partial charge on any atom is -0.390 e. The summed E-state index contributed by atoms with van der Waals surface area (Å²) in [7, 11) is 1.87. The number of benzene rings is 1. The molecule has 1 aliphatic heterocycles. The Kier molecular flexibility index (Phi) is 4.69. The zero-order valence-corrected chi connectivity index (χ0v) is 15.4. The van der Waals surface area contributed by atoms with E-state index < -0.39 is 0 Å². The molecule has 3 rings (SSSR count). The summed E-state index contributed by atoms with van der Waals surface area (Å²) in [6.45, 7) is 6.90. The number of hydrogen-bond donors (Lipinski definition) is 1. The number of rotatable bonds is 4. The molecular weight excluding hydrogens is 322 g/mol. The maximum Gasteiger partial charge on any atom is 0.240 e. The first-order valence-electron chi connectivity index (χ1n) is 8.09. The number of aryl methyl sites for hydroxylation is 3. The van der Waals surface area contributed by atoms with Crippen molar-refractivity contribution in [3.05, 3.63) is 40.7 Å². The third kappa shape index (κ3) is 2.96. The van der Waals surface area contributed by atoms with Gasteiger partial charge in [0.1, 0.15) is 0 Å². The van der Waals surface area contributed by atoms with Crippen LogP contribution in [0.2, 0.25) is 0 Å². The fourth-order valence-electron chi connectivity index (χ4n) is 3.39. The van der Waals surface area contributed by atoms with E-state index >= 15 is 0 Å². The monoisotopic (exact) mass is 345 g/mol. The van der Waals surface area contributed by atoms with Crippen LogP contribution >= 0.6 is 11.8 Å². The van der Waals surface area contributed by atoms with Crippen molar-refractivity contribution in [1.82, 2.24) is 9.55 Å². The number of imidazole rings is 1. The molecule has 1 N–H and O–H groups in total. The van der Waals surface area contributed by atoms with Gasteiger partial charge in [0, 0.05) is 19.3 Å². The summed E-state index contributed by atoms with van der Waals surface area (Å²) in [5.41, 5.74) is 5.31. The van der Waals surface area contributed by atoms with E-state index in [2.05, 4.69) is 37.9 Å². The molecule has 1 aromatic carbocycles. The van der Waals surface area contributed by atoms with Gasteiger partial charge < -0.3 is 14.6 Å². The molecule has 1 aliphatic rings. The number of amides is 1. The number of aliphatic hydroxyl groups excluding tert-OH is 1. The van der Waals surface area contributed by atoms with Gasteiger partial charge in [-0.15, -0.1) is 0 Å². The van der Waals surface area contributed by atoms with E-state index in [4.69, 9.17) is 0 Å². The molecule has 6 heteroatoms. The van der Waals surface area contributed by atoms with Crippen molar-refractivity contribution in [2.75, 3.05) is 11.4 Å². The molecule has 0 unspecified atom stereocenters. The van der Waals surface area contributed by atoms with E-state index in [1.54, 1.807) is 6.20 Å². The summed E-state index contributed by atoms with van der Waals surface area (Å²) in [5.74, 6) is 0.142. The van der Waals surface area contributed by atoms with Crippen LogP contribution in [0.3, 0.4) is 0 Å². The first kappa shape index (κ1) is 17.0. The van der Waals surface area contributed by atoms with Gasteiger partial charge in [-0.25, -0.2) is 4.98 Å². The van der Waals surface area contributed by atoms with Crippen LogP contribution in [0.4, 0.5) is 5.69 Å². The van der Waals surface area contributed by atoms with Gasteiger partial charge >= 0.3 is 0 Å². The highest BCUT2D eigenvalue weighted by Gasteiger charge is 2.35. The molecular formula is C18H23N3O2S. The molecule has 1 aromatic heterocycles. The second-order valence-electron chi connectivity index (χ2n) is 6.38. The number of aliphatic hydroxyl groups is 1. The average Bonchev–Trinajstić information content (AvgIpc) is 3.04. The first-order chi connectivity index (χ1) is 11.4. The Bertz CT molecular complexity index is 762. The Morgan fingerprint density at radius 3 is 2.54 bits per heavy atom. The molecule has 5 nitrogen and oxygen atoms in total. The van der Waals surface area contributed by atoms with E-state index in [0.29, 0.717) is 0 Å². The van der Waals surface area contributed by atoms with Gasteiger partial charge in [0.05, 0.1) is 23.7 Å². The van der Waals surface area contributed by atoms with E-state index in [9.17, 15) is 9.90 Å². The van der Waals surface area contributed by atoms with E-state index in [0.717, 1.165) is 40.6 Å². The molecule has 0 saturated carbocycles. The Morgan fingerprint density at radius 1 is 1.29 bits per heavy atom. The second-order valence-corrected chi connectivity index (χ2v) is 7.55. The van der Waals surface area contributed by atoms with Crippen LogP contribution in [-0.4, -0.2) is 32.4 Å². The van der Waals surface area contributed by atoms with Gasteiger partial charge in [-0.1, -0.05) is 29.5 Å². The predicted octanol–water partition coefficient (Wildman–Crippen LogP) is 2.74. The Morgan fingerprint density at radius 2 is 1.96 bits per heavy atom. The van der Waals surface area contributed by atoms with Crippen LogP contribution in [-0.2, 0) is 18.4 Å². The van der Waals surface area contributed by atoms with Gasteiger partial charge in [-0.3, -0.25) is 4.79 Å². The zero-order valence-electron chi connectivity index (χ0n) is 14.5. The van der Waals surface area contributed by atoms with Crippen LogP contribution in [0, 0.1) is 20.8 Å². The lowest BCUT2D eigenvalue weighted by atomic mass is 10.0. The van der Waals surface area contributed by atoms with Gasteiger partial charge in [0.2, 0.25) is 5.91 Å². The maximum atomic E-state index is 12.9. The number of aromatic nitrogens is 2. The quantitative estimate of drug-likeness (QED) is 0.926. The molecule has 24 heavy (non-hydrogen) atoms. The number of carbonyl (C=O) groups excluding carboxylic acids is 1. The van der Waals surface area contributed by atoms with Gasteiger partial charge in [0.15, 0.2) is 5.16 Å². The third-order valence-corrected chi connectivity index (χ3v) is 5.83. The largest absolute Gasteiger partial charge is 0.390 e. The standard InChI is InChI=1S/C18H23N3O2S/c1-11-7-12(2)16(13(3)8-11)21-6-5-15(17(21)23)24-18-19-9-14(10-22)20(18)4/h7-9,15,22H,5-6,10H2,1-4H3/t15-/m1/s1. The minimum absolute atomic E-state index is 0.0451. The fraction of sp³-hybridized carbons (Fsp3) is 0.444. The van der Waals surface area contributed by atoms with Crippen molar-refractivity contribution < 1.29 is 9.90 Å². The minimum atomic E-state index is -0.127. The molecule has 0 radical (unpaired) electrons.